The van der Waals surface area contributed by atoms with Gasteiger partial charge in [-0.15, -0.1) is 0 Å². The van der Waals surface area contributed by atoms with Gasteiger partial charge in [-0.1, -0.05) is 42.5 Å². The number of carbonyl (C=O) groups is 2. The van der Waals surface area contributed by atoms with Crippen molar-refractivity contribution in [1.82, 2.24) is 10.2 Å². The first-order chi connectivity index (χ1) is 14.1. The predicted molar refractivity (Wildman–Crippen MR) is 111 cm³/mol. The summed E-state index contributed by atoms with van der Waals surface area (Å²) >= 11 is 0. The van der Waals surface area contributed by atoms with Gasteiger partial charge >= 0.3 is 6.09 Å². The standard InChI is InChI=1S/C23H28N2O4/c1-2-28-21-10-8-18(9-11-21)16-22(26)25-14-12-20(13-15-25)24-23(27)29-17-19-6-4-3-5-7-19/h3-11,20H,2,12-17H2,1H3,(H,24,27). The van der Waals surface area contributed by atoms with Crippen molar-refractivity contribution < 1.29 is 19.1 Å². The minimum Gasteiger partial charge on any atom is -0.494 e. The Kier molecular flexibility index (Phi) is 7.50. The summed E-state index contributed by atoms with van der Waals surface area (Å²) in [5.74, 6) is 0.925. The third kappa shape index (κ3) is 6.52. The molecule has 0 bridgehead atoms. The zero-order valence-electron chi connectivity index (χ0n) is 16.8. The zero-order valence-corrected chi connectivity index (χ0v) is 16.8. The summed E-state index contributed by atoms with van der Waals surface area (Å²) in [5, 5.41) is 2.90. The van der Waals surface area contributed by atoms with E-state index in [0.717, 1.165) is 29.7 Å². The Balaban J connectivity index is 1.38. The lowest BCUT2D eigenvalue weighted by atomic mass is 10.0. The van der Waals surface area contributed by atoms with Gasteiger partial charge in [0.15, 0.2) is 0 Å². The maximum absolute atomic E-state index is 12.5. The molecule has 0 unspecified atom stereocenters. The van der Waals surface area contributed by atoms with Crippen LogP contribution in [-0.4, -0.2) is 42.6 Å². The first kappa shape index (κ1) is 20.7. The van der Waals surface area contributed by atoms with Crippen molar-refractivity contribution in [2.24, 2.45) is 0 Å². The molecule has 0 atom stereocenters. The number of ether oxygens (including phenoxy) is 2. The Morgan fingerprint density at radius 2 is 1.69 bits per heavy atom. The SMILES string of the molecule is CCOc1ccc(CC(=O)N2CCC(NC(=O)OCc3ccccc3)CC2)cc1. The molecule has 6 heteroatoms. The summed E-state index contributed by atoms with van der Waals surface area (Å²) in [4.78, 5) is 26.4. The van der Waals surface area contributed by atoms with Crippen LogP contribution in [0.15, 0.2) is 54.6 Å². The molecule has 2 aromatic carbocycles. The highest BCUT2D eigenvalue weighted by atomic mass is 16.5. The summed E-state index contributed by atoms with van der Waals surface area (Å²) in [6.07, 6.45) is 1.43. The fourth-order valence-corrected chi connectivity index (χ4v) is 3.36. The summed E-state index contributed by atoms with van der Waals surface area (Å²) in [6.45, 7) is 4.10. The van der Waals surface area contributed by atoms with E-state index in [-0.39, 0.29) is 18.6 Å². The van der Waals surface area contributed by atoms with Gasteiger partial charge in [-0.05, 0) is 43.0 Å². The number of rotatable bonds is 7. The van der Waals surface area contributed by atoms with Crippen molar-refractivity contribution in [3.63, 3.8) is 0 Å². The van der Waals surface area contributed by atoms with E-state index >= 15 is 0 Å². The van der Waals surface area contributed by atoms with E-state index in [2.05, 4.69) is 5.32 Å². The minimum absolute atomic E-state index is 0.0350. The Bertz CT molecular complexity index is 784. The molecular formula is C23H28N2O4. The number of amides is 2. The fraction of sp³-hybridized carbons (Fsp3) is 0.391. The maximum Gasteiger partial charge on any atom is 0.407 e. The molecule has 1 saturated heterocycles. The Labute approximate surface area is 171 Å². The molecule has 3 rings (SSSR count). The van der Waals surface area contributed by atoms with E-state index < -0.39 is 6.09 Å². The van der Waals surface area contributed by atoms with Crippen LogP contribution in [-0.2, 0) is 22.6 Å². The van der Waals surface area contributed by atoms with E-state index in [1.807, 2.05) is 66.4 Å². The molecule has 0 radical (unpaired) electrons. The minimum atomic E-state index is -0.409. The van der Waals surface area contributed by atoms with Gasteiger partial charge in [0.25, 0.3) is 0 Å². The van der Waals surface area contributed by atoms with Gasteiger partial charge in [0.05, 0.1) is 13.0 Å². The number of likely N-dealkylation sites (tertiary alicyclic amines) is 1. The van der Waals surface area contributed by atoms with Crippen molar-refractivity contribution in [2.45, 2.75) is 38.8 Å². The summed E-state index contributed by atoms with van der Waals surface area (Å²) in [7, 11) is 0. The lowest BCUT2D eigenvalue weighted by Crippen LogP contribution is -2.47. The molecule has 1 N–H and O–H groups in total. The normalized spacial score (nSPS) is 14.3. The Hall–Kier alpha value is -3.02. The fourth-order valence-electron chi connectivity index (χ4n) is 3.36. The second-order valence-corrected chi connectivity index (χ2v) is 7.11. The molecule has 154 valence electrons. The molecule has 29 heavy (non-hydrogen) atoms. The van der Waals surface area contributed by atoms with Gasteiger partial charge in [-0.2, -0.15) is 0 Å². The van der Waals surface area contributed by atoms with Gasteiger partial charge in [0, 0.05) is 19.1 Å². The zero-order chi connectivity index (χ0) is 20.5. The van der Waals surface area contributed by atoms with Crippen LogP contribution in [0.5, 0.6) is 5.75 Å². The highest BCUT2D eigenvalue weighted by Gasteiger charge is 2.24. The molecule has 0 aliphatic carbocycles. The molecular weight excluding hydrogens is 368 g/mol. The number of hydrogen-bond acceptors (Lipinski definition) is 4. The largest absolute Gasteiger partial charge is 0.494 e. The molecule has 6 nitrogen and oxygen atoms in total. The average Bonchev–Trinajstić information content (AvgIpc) is 2.75. The Morgan fingerprint density at radius 3 is 2.34 bits per heavy atom. The van der Waals surface area contributed by atoms with Crippen LogP contribution in [0.25, 0.3) is 0 Å². The lowest BCUT2D eigenvalue weighted by molar-refractivity contribution is -0.131. The number of nitrogens with zero attached hydrogens (tertiary/aromatic N) is 1. The number of piperidine rings is 1. The van der Waals surface area contributed by atoms with Crippen LogP contribution < -0.4 is 10.1 Å². The second-order valence-electron chi connectivity index (χ2n) is 7.11. The van der Waals surface area contributed by atoms with E-state index in [4.69, 9.17) is 9.47 Å². The van der Waals surface area contributed by atoms with Gasteiger partial charge < -0.3 is 19.7 Å². The molecule has 0 saturated carbocycles. The number of carbonyl (C=O) groups excluding carboxylic acids is 2. The summed E-state index contributed by atoms with van der Waals surface area (Å²) in [6, 6.07) is 17.3. The van der Waals surface area contributed by atoms with Crippen LogP contribution in [0.4, 0.5) is 4.79 Å². The first-order valence-electron chi connectivity index (χ1n) is 10.1. The highest BCUT2D eigenvalue weighted by Crippen LogP contribution is 2.16. The number of alkyl carbamates (subject to hydrolysis) is 1. The summed E-state index contributed by atoms with van der Waals surface area (Å²) < 4.78 is 10.7. The molecule has 1 aliphatic rings. The topological polar surface area (TPSA) is 67.9 Å². The molecule has 0 spiro atoms. The monoisotopic (exact) mass is 396 g/mol. The Morgan fingerprint density at radius 1 is 1.00 bits per heavy atom. The van der Waals surface area contributed by atoms with E-state index in [1.54, 1.807) is 0 Å². The second kappa shape index (κ2) is 10.5. The highest BCUT2D eigenvalue weighted by molar-refractivity contribution is 5.79. The maximum atomic E-state index is 12.5. The van der Waals surface area contributed by atoms with Gasteiger partial charge in [0.2, 0.25) is 5.91 Å². The van der Waals surface area contributed by atoms with Crippen LogP contribution in [0.1, 0.15) is 30.9 Å². The smallest absolute Gasteiger partial charge is 0.407 e. The van der Waals surface area contributed by atoms with Gasteiger partial charge in [-0.3, -0.25) is 4.79 Å². The van der Waals surface area contributed by atoms with Crippen molar-refractivity contribution in [3.05, 3.63) is 65.7 Å². The third-order valence-electron chi connectivity index (χ3n) is 4.97. The molecule has 2 amide bonds. The van der Waals surface area contributed by atoms with Crippen LogP contribution in [0.3, 0.4) is 0 Å². The predicted octanol–water partition coefficient (Wildman–Crippen LogP) is 3.55. The lowest BCUT2D eigenvalue weighted by Gasteiger charge is -2.32. The van der Waals surface area contributed by atoms with Crippen molar-refractivity contribution in [3.8, 4) is 5.75 Å². The van der Waals surface area contributed by atoms with Crippen LogP contribution in [0, 0.1) is 0 Å². The van der Waals surface area contributed by atoms with Crippen LogP contribution in [0.2, 0.25) is 0 Å². The van der Waals surface area contributed by atoms with E-state index in [0.29, 0.717) is 26.1 Å². The average molecular weight is 396 g/mol. The van der Waals surface area contributed by atoms with Crippen molar-refractivity contribution in [2.75, 3.05) is 19.7 Å². The van der Waals surface area contributed by atoms with Gasteiger partial charge in [-0.25, -0.2) is 4.79 Å². The van der Waals surface area contributed by atoms with Crippen molar-refractivity contribution >= 4 is 12.0 Å². The van der Waals surface area contributed by atoms with Crippen molar-refractivity contribution in [1.29, 1.82) is 0 Å². The molecule has 1 aliphatic heterocycles. The quantitative estimate of drug-likeness (QED) is 0.777. The van der Waals surface area contributed by atoms with Gasteiger partial charge in [0.1, 0.15) is 12.4 Å². The first-order valence-corrected chi connectivity index (χ1v) is 10.1. The van der Waals surface area contributed by atoms with Crippen LogP contribution >= 0.6 is 0 Å². The van der Waals surface area contributed by atoms with E-state index in [9.17, 15) is 9.59 Å². The number of nitrogens with one attached hydrogen (secondary N) is 1. The molecule has 1 fully saturated rings. The summed E-state index contributed by atoms with van der Waals surface area (Å²) in [5.41, 5.74) is 1.93. The third-order valence-corrected chi connectivity index (χ3v) is 4.97. The molecule has 2 aromatic rings. The molecule has 0 aromatic heterocycles. The number of benzene rings is 2. The number of hydrogen-bond donors (Lipinski definition) is 1. The van der Waals surface area contributed by atoms with E-state index in [1.165, 1.54) is 0 Å². The molecule has 1 heterocycles.